The molecule has 0 spiro atoms. The molecule has 1 heterocycles. The predicted octanol–water partition coefficient (Wildman–Crippen LogP) is -0.105. The number of aromatic nitrogens is 2. The Morgan fingerprint density at radius 1 is 1.16 bits per heavy atom. The van der Waals surface area contributed by atoms with E-state index in [0.717, 1.165) is 11.1 Å². The molecule has 0 amide bonds. The van der Waals surface area contributed by atoms with Crippen molar-refractivity contribution in [2.75, 3.05) is 6.54 Å². The fourth-order valence-corrected chi connectivity index (χ4v) is 1.61. The molecule has 1 aromatic carbocycles. The smallest absolute Gasteiger partial charge is 0.320 e. The molecule has 0 bridgehead atoms. The summed E-state index contributed by atoms with van der Waals surface area (Å²) in [4.78, 5) is 24.7. The average Bonchev–Trinajstić information content (AvgIpc) is 2.41. The minimum Gasteiger partial charge on any atom is -0.320 e. The molecule has 0 fully saturated rings. The molecule has 0 aliphatic heterocycles. The molecule has 96 valence electrons. The summed E-state index contributed by atoms with van der Waals surface area (Å²) < 4.78 is 1.43. The molecule has 0 saturated carbocycles. The second-order valence-corrected chi connectivity index (χ2v) is 3.94. The van der Waals surface area contributed by atoms with Crippen LogP contribution in [0.5, 0.6) is 0 Å². The summed E-state index contributed by atoms with van der Waals surface area (Å²) in [5.74, 6) is 5.70. The molecule has 19 heavy (non-hydrogen) atoms. The van der Waals surface area contributed by atoms with Crippen LogP contribution < -0.4 is 17.0 Å². The van der Waals surface area contributed by atoms with Gasteiger partial charge in [0.2, 0.25) is 0 Å². The molecule has 0 aliphatic rings. The van der Waals surface area contributed by atoms with Gasteiger partial charge in [-0.05, 0) is 17.7 Å². The first-order valence-electron chi connectivity index (χ1n) is 5.77. The third-order valence-electron chi connectivity index (χ3n) is 2.54. The van der Waals surface area contributed by atoms with E-state index in [1.54, 1.807) is 0 Å². The number of rotatable bonds is 2. The van der Waals surface area contributed by atoms with Gasteiger partial charge in [0, 0.05) is 17.8 Å². The van der Waals surface area contributed by atoms with E-state index in [1.807, 2.05) is 24.3 Å². The number of hydrogen-bond acceptors (Lipinski definition) is 3. The standard InChI is InChI=1S/C14H13N3O2/c15-8-1-2-11-3-5-12(6-4-11)10-17-9-7-13(18)16-14(17)19/h3-7,9H,8,10,15H2,(H,16,18,19). The zero-order valence-corrected chi connectivity index (χ0v) is 10.2. The maximum absolute atomic E-state index is 11.5. The fourth-order valence-electron chi connectivity index (χ4n) is 1.61. The second-order valence-electron chi connectivity index (χ2n) is 3.94. The van der Waals surface area contributed by atoms with Gasteiger partial charge < -0.3 is 5.73 Å². The molecule has 0 saturated heterocycles. The van der Waals surface area contributed by atoms with Crippen molar-refractivity contribution in [1.29, 1.82) is 0 Å². The molecule has 5 heteroatoms. The Hall–Kier alpha value is -2.58. The highest BCUT2D eigenvalue weighted by atomic mass is 16.2. The van der Waals surface area contributed by atoms with Crippen molar-refractivity contribution in [3.05, 3.63) is 68.5 Å². The van der Waals surface area contributed by atoms with Crippen LogP contribution in [0.1, 0.15) is 11.1 Å². The van der Waals surface area contributed by atoms with Crippen LogP contribution in [0.2, 0.25) is 0 Å². The van der Waals surface area contributed by atoms with Gasteiger partial charge in [-0.25, -0.2) is 4.79 Å². The highest BCUT2D eigenvalue weighted by Crippen LogP contribution is 2.04. The summed E-state index contributed by atoms with van der Waals surface area (Å²) in [5.41, 5.74) is 6.31. The summed E-state index contributed by atoms with van der Waals surface area (Å²) in [6, 6.07) is 8.84. The van der Waals surface area contributed by atoms with Gasteiger partial charge in [-0.3, -0.25) is 14.3 Å². The van der Waals surface area contributed by atoms with E-state index < -0.39 is 11.2 Å². The van der Waals surface area contributed by atoms with E-state index >= 15 is 0 Å². The number of benzene rings is 1. The predicted molar refractivity (Wildman–Crippen MR) is 72.8 cm³/mol. The van der Waals surface area contributed by atoms with Crippen LogP contribution in [0, 0.1) is 11.8 Å². The van der Waals surface area contributed by atoms with E-state index in [1.165, 1.54) is 16.8 Å². The number of nitrogens with zero attached hydrogens (tertiary/aromatic N) is 1. The van der Waals surface area contributed by atoms with Crippen molar-refractivity contribution in [2.45, 2.75) is 6.54 Å². The maximum Gasteiger partial charge on any atom is 0.328 e. The minimum absolute atomic E-state index is 0.328. The first-order chi connectivity index (χ1) is 9.19. The van der Waals surface area contributed by atoms with Gasteiger partial charge in [0.25, 0.3) is 5.56 Å². The summed E-state index contributed by atoms with van der Waals surface area (Å²) in [5, 5.41) is 0. The lowest BCUT2D eigenvalue weighted by molar-refractivity contribution is 0.720. The summed E-state index contributed by atoms with van der Waals surface area (Å²) in [7, 11) is 0. The number of hydrogen-bond donors (Lipinski definition) is 2. The van der Waals surface area contributed by atoms with Gasteiger partial charge in [0.05, 0.1) is 13.1 Å². The zero-order chi connectivity index (χ0) is 13.7. The fraction of sp³-hybridized carbons (Fsp3) is 0.143. The van der Waals surface area contributed by atoms with Crippen LogP contribution in [-0.4, -0.2) is 16.1 Å². The summed E-state index contributed by atoms with van der Waals surface area (Å²) in [6.45, 7) is 0.731. The van der Waals surface area contributed by atoms with Gasteiger partial charge in [-0.15, -0.1) is 0 Å². The molecule has 0 unspecified atom stereocenters. The second kappa shape index (κ2) is 5.85. The van der Waals surface area contributed by atoms with Crippen molar-refractivity contribution in [3.8, 4) is 11.8 Å². The summed E-state index contributed by atoms with van der Waals surface area (Å²) >= 11 is 0. The maximum atomic E-state index is 11.5. The van der Waals surface area contributed by atoms with Gasteiger partial charge in [-0.2, -0.15) is 0 Å². The van der Waals surface area contributed by atoms with Gasteiger partial charge >= 0.3 is 5.69 Å². The van der Waals surface area contributed by atoms with Crippen LogP contribution in [0.25, 0.3) is 0 Å². The Bertz CT molecular complexity index is 730. The lowest BCUT2D eigenvalue weighted by Crippen LogP contribution is -2.28. The molecule has 3 N–H and O–H groups in total. The van der Waals surface area contributed by atoms with E-state index in [0.29, 0.717) is 13.1 Å². The van der Waals surface area contributed by atoms with Gasteiger partial charge in [0.1, 0.15) is 0 Å². The van der Waals surface area contributed by atoms with E-state index in [9.17, 15) is 9.59 Å². The van der Waals surface area contributed by atoms with Crippen molar-refractivity contribution in [3.63, 3.8) is 0 Å². The van der Waals surface area contributed by atoms with Crippen molar-refractivity contribution in [1.82, 2.24) is 9.55 Å². The zero-order valence-electron chi connectivity index (χ0n) is 10.2. The molecular weight excluding hydrogens is 242 g/mol. The lowest BCUT2D eigenvalue weighted by atomic mass is 10.1. The van der Waals surface area contributed by atoms with E-state index in [4.69, 9.17) is 5.73 Å². The quantitative estimate of drug-likeness (QED) is 0.735. The molecular formula is C14H13N3O2. The van der Waals surface area contributed by atoms with Crippen LogP contribution in [-0.2, 0) is 6.54 Å². The highest BCUT2D eigenvalue weighted by molar-refractivity contribution is 5.36. The Morgan fingerprint density at radius 2 is 1.89 bits per heavy atom. The van der Waals surface area contributed by atoms with Crippen LogP contribution in [0.3, 0.4) is 0 Å². The summed E-state index contributed by atoms with van der Waals surface area (Å²) in [6.07, 6.45) is 1.48. The van der Waals surface area contributed by atoms with E-state index in [2.05, 4.69) is 16.8 Å². The number of aromatic amines is 1. The van der Waals surface area contributed by atoms with Gasteiger partial charge in [-0.1, -0.05) is 24.0 Å². The number of nitrogens with one attached hydrogen (secondary N) is 1. The average molecular weight is 255 g/mol. The van der Waals surface area contributed by atoms with Crippen molar-refractivity contribution < 1.29 is 0 Å². The normalized spacial score (nSPS) is 9.74. The van der Waals surface area contributed by atoms with Crippen LogP contribution >= 0.6 is 0 Å². The van der Waals surface area contributed by atoms with Crippen molar-refractivity contribution >= 4 is 0 Å². The molecule has 2 rings (SSSR count). The molecule has 0 aliphatic carbocycles. The van der Waals surface area contributed by atoms with Crippen LogP contribution in [0.15, 0.2) is 46.1 Å². The minimum atomic E-state index is -0.417. The Labute approximate surface area is 109 Å². The largest absolute Gasteiger partial charge is 0.328 e. The van der Waals surface area contributed by atoms with Crippen molar-refractivity contribution in [2.24, 2.45) is 5.73 Å². The van der Waals surface area contributed by atoms with Crippen LogP contribution in [0.4, 0.5) is 0 Å². The topological polar surface area (TPSA) is 80.9 Å². The Balaban J connectivity index is 2.20. The first-order valence-corrected chi connectivity index (χ1v) is 5.77. The molecule has 5 nitrogen and oxygen atoms in total. The Morgan fingerprint density at radius 3 is 2.53 bits per heavy atom. The monoisotopic (exact) mass is 255 g/mol. The molecule has 0 radical (unpaired) electrons. The highest BCUT2D eigenvalue weighted by Gasteiger charge is 1.98. The third-order valence-corrected chi connectivity index (χ3v) is 2.54. The molecule has 2 aromatic rings. The van der Waals surface area contributed by atoms with E-state index in [-0.39, 0.29) is 0 Å². The van der Waals surface area contributed by atoms with Gasteiger partial charge in [0.15, 0.2) is 0 Å². The lowest BCUT2D eigenvalue weighted by Gasteiger charge is -2.04. The Kier molecular flexibility index (Phi) is 3.96. The molecule has 1 aromatic heterocycles. The third kappa shape index (κ3) is 3.44. The number of nitrogens with two attached hydrogens (primary N) is 1. The first kappa shape index (κ1) is 12.9. The SMILES string of the molecule is NCC#Cc1ccc(Cn2ccc(=O)[nH]c2=O)cc1. The molecule has 0 atom stereocenters. The number of H-pyrrole nitrogens is 1.